The van der Waals surface area contributed by atoms with E-state index in [-0.39, 0.29) is 18.3 Å². The van der Waals surface area contributed by atoms with Gasteiger partial charge in [0.15, 0.2) is 0 Å². The molecule has 26 heavy (non-hydrogen) atoms. The lowest BCUT2D eigenvalue weighted by atomic mass is 9.78. The minimum Gasteiger partial charge on any atom is -0.399 e. The van der Waals surface area contributed by atoms with Crippen LogP contribution in [0, 0.1) is 6.92 Å². The van der Waals surface area contributed by atoms with E-state index < -0.39 is 0 Å². The van der Waals surface area contributed by atoms with Crippen LogP contribution < -0.4 is 5.46 Å². The van der Waals surface area contributed by atoms with Crippen LogP contribution in [0.15, 0.2) is 54.6 Å². The molecule has 0 spiro atoms. The number of hydrogen-bond donors (Lipinski definition) is 0. The maximum Gasteiger partial charge on any atom is 0.494 e. The number of nitrogens with zero attached hydrogens (tertiary/aromatic N) is 1. The van der Waals surface area contributed by atoms with Crippen LogP contribution in [-0.4, -0.2) is 23.3 Å². The zero-order valence-corrected chi connectivity index (χ0v) is 16.0. The van der Waals surface area contributed by atoms with Crippen molar-refractivity contribution in [3.63, 3.8) is 0 Å². The summed E-state index contributed by atoms with van der Waals surface area (Å²) < 4.78 is 12.4. The van der Waals surface area contributed by atoms with Gasteiger partial charge in [0.1, 0.15) is 0 Å². The molecule has 0 N–H and O–H groups in total. The van der Waals surface area contributed by atoms with Gasteiger partial charge < -0.3 is 9.31 Å². The molecule has 0 saturated carbocycles. The van der Waals surface area contributed by atoms with Gasteiger partial charge in [-0.15, -0.1) is 0 Å². The lowest BCUT2D eigenvalue weighted by Gasteiger charge is -2.32. The molecule has 1 saturated heterocycles. The zero-order valence-electron chi connectivity index (χ0n) is 16.0. The Morgan fingerprint density at radius 3 is 2.15 bits per heavy atom. The normalized spacial score (nSPS) is 18.4. The van der Waals surface area contributed by atoms with Gasteiger partial charge in [-0.25, -0.2) is 4.98 Å². The van der Waals surface area contributed by atoms with Crippen molar-refractivity contribution in [3.05, 3.63) is 60.2 Å². The van der Waals surface area contributed by atoms with E-state index in [0.29, 0.717) is 0 Å². The van der Waals surface area contributed by atoms with Crippen LogP contribution in [0.25, 0.3) is 22.2 Å². The smallest absolute Gasteiger partial charge is 0.399 e. The SMILES string of the molecule is Cc1cc(-c2ccccc2)nc2cc(B3OC(C)(C)C(C)(C)O3)ccc12. The average Bonchev–Trinajstić information content (AvgIpc) is 2.83. The van der Waals surface area contributed by atoms with Crippen LogP contribution in [0.1, 0.15) is 33.3 Å². The highest BCUT2D eigenvalue weighted by molar-refractivity contribution is 6.62. The molecule has 0 radical (unpaired) electrons. The summed E-state index contributed by atoms with van der Waals surface area (Å²) in [7, 11) is -0.369. The predicted molar refractivity (Wildman–Crippen MR) is 108 cm³/mol. The summed E-state index contributed by atoms with van der Waals surface area (Å²) >= 11 is 0. The summed E-state index contributed by atoms with van der Waals surface area (Å²) in [6, 6.07) is 18.7. The zero-order chi connectivity index (χ0) is 18.5. The molecule has 2 aromatic carbocycles. The van der Waals surface area contributed by atoms with Crippen molar-refractivity contribution < 1.29 is 9.31 Å². The molecule has 4 rings (SSSR count). The summed E-state index contributed by atoms with van der Waals surface area (Å²) in [5, 5.41) is 1.16. The summed E-state index contributed by atoms with van der Waals surface area (Å²) in [6.07, 6.45) is 0. The second-order valence-corrected chi connectivity index (χ2v) is 8.06. The first-order chi connectivity index (χ1) is 12.3. The number of fused-ring (bicyclic) bond motifs is 1. The number of rotatable bonds is 2. The lowest BCUT2D eigenvalue weighted by Crippen LogP contribution is -2.41. The van der Waals surface area contributed by atoms with Crippen LogP contribution in [-0.2, 0) is 9.31 Å². The molecule has 4 heteroatoms. The molecule has 1 fully saturated rings. The van der Waals surface area contributed by atoms with Crippen molar-refractivity contribution >= 4 is 23.5 Å². The maximum atomic E-state index is 6.19. The van der Waals surface area contributed by atoms with E-state index in [1.807, 2.05) is 18.2 Å². The number of hydrogen-bond acceptors (Lipinski definition) is 3. The molecule has 132 valence electrons. The highest BCUT2D eigenvalue weighted by Gasteiger charge is 2.51. The molecule has 1 aliphatic heterocycles. The first-order valence-corrected chi connectivity index (χ1v) is 9.09. The molecule has 0 amide bonds. The van der Waals surface area contributed by atoms with E-state index in [0.717, 1.165) is 27.6 Å². The molecule has 1 aromatic heterocycles. The number of aromatic nitrogens is 1. The van der Waals surface area contributed by atoms with E-state index >= 15 is 0 Å². The third-order valence-electron chi connectivity index (χ3n) is 5.64. The van der Waals surface area contributed by atoms with Gasteiger partial charge in [-0.2, -0.15) is 0 Å². The van der Waals surface area contributed by atoms with Gasteiger partial charge in [0, 0.05) is 10.9 Å². The maximum absolute atomic E-state index is 6.19. The van der Waals surface area contributed by atoms with Gasteiger partial charge in [-0.1, -0.05) is 42.5 Å². The Kier molecular flexibility index (Phi) is 3.94. The topological polar surface area (TPSA) is 31.4 Å². The van der Waals surface area contributed by atoms with Crippen molar-refractivity contribution in [1.29, 1.82) is 0 Å². The van der Waals surface area contributed by atoms with Crippen molar-refractivity contribution in [1.82, 2.24) is 4.98 Å². The van der Waals surface area contributed by atoms with Gasteiger partial charge in [0.25, 0.3) is 0 Å². The largest absolute Gasteiger partial charge is 0.494 e. The molecule has 3 aromatic rings. The molecule has 3 nitrogen and oxygen atoms in total. The fourth-order valence-electron chi connectivity index (χ4n) is 3.30. The number of pyridine rings is 1. The van der Waals surface area contributed by atoms with E-state index in [4.69, 9.17) is 14.3 Å². The summed E-state index contributed by atoms with van der Waals surface area (Å²) in [4.78, 5) is 4.90. The van der Waals surface area contributed by atoms with E-state index in [9.17, 15) is 0 Å². The highest BCUT2D eigenvalue weighted by Crippen LogP contribution is 2.36. The molecule has 2 heterocycles. The fraction of sp³-hybridized carbons (Fsp3) is 0.318. The molecular weight excluding hydrogens is 321 g/mol. The van der Waals surface area contributed by atoms with Crippen LogP contribution >= 0.6 is 0 Å². The minimum absolute atomic E-state index is 0.345. The number of aryl methyl sites for hydroxylation is 1. The first kappa shape index (κ1) is 17.3. The molecule has 0 unspecified atom stereocenters. The van der Waals surface area contributed by atoms with Gasteiger partial charge in [-0.3, -0.25) is 0 Å². The Morgan fingerprint density at radius 2 is 1.50 bits per heavy atom. The van der Waals surface area contributed by atoms with Crippen molar-refractivity contribution in [2.45, 2.75) is 45.8 Å². The summed E-state index contributed by atoms with van der Waals surface area (Å²) in [6.45, 7) is 10.4. The number of benzene rings is 2. The molecular formula is C22H24BNO2. The van der Waals surface area contributed by atoms with Crippen molar-refractivity contribution in [2.75, 3.05) is 0 Å². The Labute approximate surface area is 155 Å². The van der Waals surface area contributed by atoms with Crippen LogP contribution in [0.5, 0.6) is 0 Å². The Hall–Kier alpha value is -2.17. The van der Waals surface area contributed by atoms with Crippen LogP contribution in [0.3, 0.4) is 0 Å². The van der Waals surface area contributed by atoms with Crippen LogP contribution in [0.4, 0.5) is 0 Å². The average molecular weight is 345 g/mol. The minimum atomic E-state index is -0.369. The predicted octanol–water partition coefficient (Wildman–Crippen LogP) is 4.51. The van der Waals surface area contributed by atoms with Crippen LogP contribution in [0.2, 0.25) is 0 Å². The molecule has 0 aliphatic carbocycles. The van der Waals surface area contributed by atoms with Gasteiger partial charge in [-0.05, 0) is 57.8 Å². The van der Waals surface area contributed by atoms with Crippen molar-refractivity contribution in [2.24, 2.45) is 0 Å². The van der Waals surface area contributed by atoms with Gasteiger partial charge in [0.05, 0.1) is 22.4 Å². The summed E-state index contributed by atoms with van der Waals surface area (Å²) in [5.41, 5.74) is 4.61. The molecule has 0 atom stereocenters. The van der Waals surface area contributed by atoms with Crippen molar-refractivity contribution in [3.8, 4) is 11.3 Å². The highest BCUT2D eigenvalue weighted by atomic mass is 16.7. The second-order valence-electron chi connectivity index (χ2n) is 8.06. The Morgan fingerprint density at radius 1 is 0.846 bits per heavy atom. The van der Waals surface area contributed by atoms with E-state index in [1.165, 1.54) is 5.56 Å². The summed E-state index contributed by atoms with van der Waals surface area (Å²) in [5.74, 6) is 0. The molecule has 1 aliphatic rings. The first-order valence-electron chi connectivity index (χ1n) is 9.09. The Bertz CT molecular complexity index is 951. The molecule has 0 bridgehead atoms. The van der Waals surface area contributed by atoms with Gasteiger partial charge >= 0.3 is 7.12 Å². The fourth-order valence-corrected chi connectivity index (χ4v) is 3.30. The van der Waals surface area contributed by atoms with E-state index in [2.05, 4.69) is 71.0 Å². The standard InChI is InChI=1S/C22H24BNO2/c1-15-13-19(16-9-7-6-8-10-16)24-20-14-17(11-12-18(15)20)23-25-21(2,3)22(4,5)26-23/h6-14H,1-5H3. The lowest BCUT2D eigenvalue weighted by molar-refractivity contribution is 0.00578. The quantitative estimate of drug-likeness (QED) is 0.641. The third-order valence-corrected chi connectivity index (χ3v) is 5.64. The third kappa shape index (κ3) is 2.83. The Balaban J connectivity index is 1.78. The van der Waals surface area contributed by atoms with Gasteiger partial charge in [0.2, 0.25) is 0 Å². The van der Waals surface area contributed by atoms with E-state index in [1.54, 1.807) is 0 Å². The second kappa shape index (κ2) is 5.93. The monoisotopic (exact) mass is 345 g/mol.